The van der Waals surface area contributed by atoms with Crippen LogP contribution in [0.5, 0.6) is 0 Å². The summed E-state index contributed by atoms with van der Waals surface area (Å²) in [5, 5.41) is 13.4. The number of amides is 1. The number of imidazole rings is 1. The molecule has 26 heavy (non-hydrogen) atoms. The van der Waals surface area contributed by atoms with Crippen molar-refractivity contribution >= 4 is 23.3 Å². The molecule has 0 radical (unpaired) electrons. The Morgan fingerprint density at radius 3 is 2.73 bits per heavy atom. The molecule has 3 rings (SSSR count). The Balaban J connectivity index is 1.51. The number of hydrogen-bond donors (Lipinski definition) is 1. The van der Waals surface area contributed by atoms with E-state index in [1.807, 2.05) is 35.7 Å². The second-order valence-electron chi connectivity index (χ2n) is 5.85. The molecule has 0 aliphatic carbocycles. The average Bonchev–Trinajstić information content (AvgIpc) is 3.05. The first-order chi connectivity index (χ1) is 12.5. The third-order valence-electron chi connectivity index (χ3n) is 3.96. The third kappa shape index (κ3) is 4.13. The summed E-state index contributed by atoms with van der Waals surface area (Å²) >= 11 is 0. The summed E-state index contributed by atoms with van der Waals surface area (Å²) in [7, 11) is 0. The predicted molar refractivity (Wildman–Crippen MR) is 98.8 cm³/mol. The number of carbonyl (C=O) groups excluding carboxylic acids is 1. The molecule has 0 bridgehead atoms. The van der Waals surface area contributed by atoms with Gasteiger partial charge in [0.2, 0.25) is 5.91 Å². The van der Waals surface area contributed by atoms with Crippen molar-refractivity contribution < 1.29 is 9.72 Å². The van der Waals surface area contributed by atoms with Gasteiger partial charge in [-0.15, -0.1) is 0 Å². The number of nitro benzene ring substituents is 1. The Kier molecular flexibility index (Phi) is 5.07. The number of nitrogens with one attached hydrogen (secondary N) is 1. The van der Waals surface area contributed by atoms with E-state index in [0.717, 1.165) is 22.6 Å². The molecule has 7 nitrogen and oxygen atoms in total. The van der Waals surface area contributed by atoms with Gasteiger partial charge in [-0.1, -0.05) is 6.07 Å². The summed E-state index contributed by atoms with van der Waals surface area (Å²) < 4.78 is 2.02. The van der Waals surface area contributed by atoms with Crippen LogP contribution >= 0.6 is 0 Å². The van der Waals surface area contributed by atoms with E-state index in [-0.39, 0.29) is 11.6 Å². The van der Waals surface area contributed by atoms with Crippen molar-refractivity contribution in [3.05, 3.63) is 81.8 Å². The molecule has 132 valence electrons. The molecule has 0 fully saturated rings. The van der Waals surface area contributed by atoms with Crippen molar-refractivity contribution in [2.75, 3.05) is 6.54 Å². The highest BCUT2D eigenvalue weighted by Gasteiger charge is 2.04. The van der Waals surface area contributed by atoms with Gasteiger partial charge in [-0.05, 0) is 42.8 Å². The lowest BCUT2D eigenvalue weighted by Crippen LogP contribution is -2.23. The van der Waals surface area contributed by atoms with Gasteiger partial charge < -0.3 is 9.72 Å². The van der Waals surface area contributed by atoms with Crippen LogP contribution in [0.3, 0.4) is 0 Å². The first-order valence-electron chi connectivity index (χ1n) is 8.17. The van der Waals surface area contributed by atoms with Gasteiger partial charge in [-0.2, -0.15) is 0 Å². The maximum atomic E-state index is 11.9. The molecule has 1 N–H and O–H groups in total. The summed E-state index contributed by atoms with van der Waals surface area (Å²) in [6, 6.07) is 11.9. The molecule has 1 aromatic carbocycles. The minimum atomic E-state index is -0.457. The quantitative estimate of drug-likeness (QED) is 0.420. The lowest BCUT2D eigenvalue weighted by molar-refractivity contribution is -0.384. The number of nitrogens with zero attached hydrogens (tertiary/aromatic N) is 3. The number of hydrogen-bond acceptors (Lipinski definition) is 4. The zero-order valence-corrected chi connectivity index (χ0v) is 14.3. The van der Waals surface area contributed by atoms with E-state index in [2.05, 4.69) is 10.3 Å². The molecule has 0 unspecified atom stereocenters. The Labute approximate surface area is 150 Å². The Bertz CT molecular complexity index is 974. The maximum Gasteiger partial charge on any atom is 0.269 e. The number of non-ortho nitro benzene ring substituents is 1. The summed E-state index contributed by atoms with van der Waals surface area (Å²) in [4.78, 5) is 26.6. The van der Waals surface area contributed by atoms with Crippen molar-refractivity contribution in [3.63, 3.8) is 0 Å². The number of carbonyl (C=O) groups is 1. The van der Waals surface area contributed by atoms with Crippen LogP contribution in [0, 0.1) is 17.0 Å². The molecule has 0 aliphatic rings. The number of aryl methyl sites for hydroxylation is 1. The van der Waals surface area contributed by atoms with Crippen molar-refractivity contribution in [2.24, 2.45) is 0 Å². The highest BCUT2D eigenvalue weighted by molar-refractivity contribution is 5.91. The fourth-order valence-corrected chi connectivity index (χ4v) is 2.57. The van der Waals surface area contributed by atoms with Gasteiger partial charge >= 0.3 is 0 Å². The maximum absolute atomic E-state index is 11.9. The standard InChI is InChI=1S/C19H18N4O3/c1-14-3-2-4-18-21-16(13-22(14)18)11-12-20-19(24)10-7-15-5-8-17(9-6-15)23(25)26/h2-10,13H,11-12H2,1H3,(H,20,24)/b10-7+. The van der Waals surface area contributed by atoms with E-state index in [9.17, 15) is 14.9 Å². The van der Waals surface area contributed by atoms with Gasteiger partial charge in [-0.3, -0.25) is 14.9 Å². The van der Waals surface area contributed by atoms with Crippen molar-refractivity contribution in [2.45, 2.75) is 13.3 Å². The highest BCUT2D eigenvalue weighted by Crippen LogP contribution is 2.12. The largest absolute Gasteiger partial charge is 0.352 e. The van der Waals surface area contributed by atoms with Crippen LogP contribution in [-0.2, 0) is 11.2 Å². The van der Waals surface area contributed by atoms with Crippen LogP contribution in [0.2, 0.25) is 0 Å². The molecule has 1 amide bonds. The van der Waals surface area contributed by atoms with E-state index in [4.69, 9.17) is 0 Å². The van der Waals surface area contributed by atoms with E-state index < -0.39 is 4.92 Å². The van der Waals surface area contributed by atoms with Crippen molar-refractivity contribution in [3.8, 4) is 0 Å². The number of aromatic nitrogens is 2. The fraction of sp³-hybridized carbons (Fsp3) is 0.158. The Hall–Kier alpha value is -3.48. The minimum Gasteiger partial charge on any atom is -0.352 e. The lowest BCUT2D eigenvalue weighted by atomic mass is 10.2. The second kappa shape index (κ2) is 7.60. The number of nitro groups is 1. The van der Waals surface area contributed by atoms with Crippen LogP contribution in [0.15, 0.2) is 54.7 Å². The van der Waals surface area contributed by atoms with Crippen LogP contribution in [-0.4, -0.2) is 26.8 Å². The number of benzene rings is 1. The zero-order chi connectivity index (χ0) is 18.5. The van der Waals surface area contributed by atoms with Crippen LogP contribution in [0.4, 0.5) is 5.69 Å². The smallest absolute Gasteiger partial charge is 0.269 e. The molecule has 0 aliphatic heterocycles. The number of pyridine rings is 1. The Morgan fingerprint density at radius 1 is 1.27 bits per heavy atom. The minimum absolute atomic E-state index is 0.0225. The molecule has 0 saturated carbocycles. The summed E-state index contributed by atoms with van der Waals surface area (Å²) in [6.45, 7) is 2.50. The summed E-state index contributed by atoms with van der Waals surface area (Å²) in [5.74, 6) is -0.219. The van der Waals surface area contributed by atoms with Gasteiger partial charge in [0.1, 0.15) is 5.65 Å². The van der Waals surface area contributed by atoms with Crippen LogP contribution < -0.4 is 5.32 Å². The van der Waals surface area contributed by atoms with E-state index in [0.29, 0.717) is 13.0 Å². The van der Waals surface area contributed by atoms with Crippen molar-refractivity contribution in [1.82, 2.24) is 14.7 Å². The molecule has 7 heteroatoms. The van der Waals surface area contributed by atoms with Crippen molar-refractivity contribution in [1.29, 1.82) is 0 Å². The normalized spacial score (nSPS) is 11.1. The summed E-state index contributed by atoms with van der Waals surface area (Å²) in [5.41, 5.74) is 3.66. The molecule has 2 heterocycles. The second-order valence-corrected chi connectivity index (χ2v) is 5.85. The van der Waals surface area contributed by atoms with E-state index >= 15 is 0 Å². The molecule has 0 saturated heterocycles. The molecular formula is C19H18N4O3. The molecule has 3 aromatic rings. The first-order valence-corrected chi connectivity index (χ1v) is 8.17. The van der Waals surface area contributed by atoms with E-state index in [1.54, 1.807) is 18.2 Å². The zero-order valence-electron chi connectivity index (χ0n) is 14.3. The molecule has 0 spiro atoms. The number of fused-ring (bicyclic) bond motifs is 1. The average molecular weight is 350 g/mol. The predicted octanol–water partition coefficient (Wildman–Crippen LogP) is 2.92. The molecule has 2 aromatic heterocycles. The van der Waals surface area contributed by atoms with Gasteiger partial charge in [0.25, 0.3) is 5.69 Å². The van der Waals surface area contributed by atoms with Gasteiger partial charge in [0.05, 0.1) is 10.6 Å². The first kappa shape index (κ1) is 17.3. The summed E-state index contributed by atoms with van der Waals surface area (Å²) in [6.07, 6.45) is 5.64. The SMILES string of the molecule is Cc1cccc2nc(CCNC(=O)/C=C/c3ccc([N+](=O)[O-])cc3)cn12. The molecular weight excluding hydrogens is 332 g/mol. The lowest BCUT2D eigenvalue weighted by Gasteiger charge is -2.00. The van der Waals surface area contributed by atoms with Gasteiger partial charge in [0.15, 0.2) is 0 Å². The van der Waals surface area contributed by atoms with E-state index in [1.165, 1.54) is 18.2 Å². The third-order valence-corrected chi connectivity index (χ3v) is 3.96. The van der Waals surface area contributed by atoms with Crippen LogP contribution in [0.1, 0.15) is 17.0 Å². The Morgan fingerprint density at radius 2 is 2.04 bits per heavy atom. The van der Waals surface area contributed by atoms with Crippen LogP contribution in [0.25, 0.3) is 11.7 Å². The van der Waals surface area contributed by atoms with Gasteiger partial charge in [-0.25, -0.2) is 4.98 Å². The topological polar surface area (TPSA) is 89.5 Å². The van der Waals surface area contributed by atoms with Gasteiger partial charge in [0, 0.05) is 43.1 Å². The monoisotopic (exact) mass is 350 g/mol. The fourth-order valence-electron chi connectivity index (χ4n) is 2.57. The highest BCUT2D eigenvalue weighted by atomic mass is 16.6. The number of rotatable bonds is 6. The molecule has 0 atom stereocenters.